The Morgan fingerprint density at radius 2 is 1.77 bits per heavy atom. The van der Waals surface area contributed by atoms with E-state index in [9.17, 15) is 0 Å². The van der Waals surface area contributed by atoms with E-state index in [4.69, 9.17) is 14.2 Å². The average molecular weight is 540 g/mol. The number of rotatable bonds is 10. The van der Waals surface area contributed by atoms with Crippen LogP contribution in [-0.2, 0) is 13.1 Å². The summed E-state index contributed by atoms with van der Waals surface area (Å²) in [5.74, 6) is 3.21. The van der Waals surface area contributed by atoms with Gasteiger partial charge in [-0.2, -0.15) is 0 Å². The van der Waals surface area contributed by atoms with Gasteiger partial charge in [0.05, 0.1) is 0 Å². The molecule has 1 aliphatic rings. The van der Waals surface area contributed by atoms with Crippen molar-refractivity contribution in [2.45, 2.75) is 26.9 Å². The quantitative estimate of drug-likeness (QED) is 0.273. The van der Waals surface area contributed by atoms with E-state index in [1.165, 1.54) is 0 Å². The predicted octanol–water partition coefficient (Wildman–Crippen LogP) is 3.62. The van der Waals surface area contributed by atoms with Crippen molar-refractivity contribution in [2.75, 3.05) is 40.1 Å². The van der Waals surface area contributed by atoms with Crippen LogP contribution in [0.1, 0.15) is 25.0 Å². The second kappa shape index (κ2) is 13.3. The van der Waals surface area contributed by atoms with Gasteiger partial charge in [0, 0.05) is 32.2 Å². The molecular weight excluding hydrogens is 507 g/mol. The SMILES string of the molecule is CCN(CC)CCOc1ccccc1CNC(=NC)NCc1ccc2c(c1)OCO2.I. The smallest absolute Gasteiger partial charge is 0.231 e. The minimum absolute atomic E-state index is 0. The second-order valence-electron chi connectivity index (χ2n) is 6.95. The van der Waals surface area contributed by atoms with Gasteiger partial charge in [0.2, 0.25) is 6.79 Å². The lowest BCUT2D eigenvalue weighted by atomic mass is 10.2. The van der Waals surface area contributed by atoms with Crippen molar-refractivity contribution in [3.63, 3.8) is 0 Å². The van der Waals surface area contributed by atoms with Crippen LogP contribution in [0.2, 0.25) is 0 Å². The van der Waals surface area contributed by atoms with E-state index in [1.54, 1.807) is 7.05 Å². The molecule has 0 bridgehead atoms. The van der Waals surface area contributed by atoms with Gasteiger partial charge in [-0.05, 0) is 36.9 Å². The molecule has 0 unspecified atom stereocenters. The zero-order valence-corrected chi connectivity index (χ0v) is 20.8. The van der Waals surface area contributed by atoms with Gasteiger partial charge >= 0.3 is 0 Å². The molecule has 0 amide bonds. The first-order valence-corrected chi connectivity index (χ1v) is 10.5. The average Bonchev–Trinajstić information content (AvgIpc) is 3.25. The van der Waals surface area contributed by atoms with Gasteiger partial charge in [-0.15, -0.1) is 24.0 Å². The number of likely N-dealkylation sites (N-methyl/N-ethyl adjacent to an activating group) is 1. The highest BCUT2D eigenvalue weighted by molar-refractivity contribution is 14.0. The monoisotopic (exact) mass is 540 g/mol. The molecule has 0 radical (unpaired) electrons. The Balaban J connectivity index is 0.00000341. The van der Waals surface area contributed by atoms with Crippen molar-refractivity contribution in [2.24, 2.45) is 4.99 Å². The number of aliphatic imine (C=N–C) groups is 1. The van der Waals surface area contributed by atoms with Crippen LogP contribution in [0.15, 0.2) is 47.5 Å². The lowest BCUT2D eigenvalue weighted by Crippen LogP contribution is -2.36. The largest absolute Gasteiger partial charge is 0.492 e. The highest BCUT2D eigenvalue weighted by Gasteiger charge is 2.13. The highest BCUT2D eigenvalue weighted by Crippen LogP contribution is 2.32. The Labute approximate surface area is 202 Å². The molecule has 0 atom stereocenters. The van der Waals surface area contributed by atoms with Crippen molar-refractivity contribution in [3.8, 4) is 17.2 Å². The second-order valence-corrected chi connectivity index (χ2v) is 6.95. The van der Waals surface area contributed by atoms with Crippen molar-refractivity contribution >= 4 is 29.9 Å². The molecule has 0 saturated carbocycles. The number of benzene rings is 2. The molecule has 1 heterocycles. The minimum atomic E-state index is 0. The molecule has 7 nitrogen and oxygen atoms in total. The van der Waals surface area contributed by atoms with Gasteiger partial charge < -0.3 is 29.7 Å². The lowest BCUT2D eigenvalue weighted by molar-refractivity contribution is 0.174. The van der Waals surface area contributed by atoms with E-state index < -0.39 is 0 Å². The number of para-hydroxylation sites is 1. The van der Waals surface area contributed by atoms with E-state index >= 15 is 0 Å². The summed E-state index contributed by atoms with van der Waals surface area (Å²) in [4.78, 5) is 6.67. The fraction of sp³-hybridized carbons (Fsp3) is 0.435. The maximum Gasteiger partial charge on any atom is 0.231 e. The fourth-order valence-electron chi connectivity index (χ4n) is 3.25. The third kappa shape index (κ3) is 7.46. The Hall–Kier alpha value is -2.20. The molecule has 0 aromatic heterocycles. The molecule has 170 valence electrons. The van der Waals surface area contributed by atoms with Crippen LogP contribution in [0.25, 0.3) is 0 Å². The van der Waals surface area contributed by atoms with E-state index in [2.05, 4.69) is 40.4 Å². The number of nitrogens with zero attached hydrogens (tertiary/aromatic N) is 2. The first-order chi connectivity index (χ1) is 14.7. The molecule has 2 aromatic rings. The number of hydrogen-bond acceptors (Lipinski definition) is 5. The highest BCUT2D eigenvalue weighted by atomic mass is 127. The number of guanidine groups is 1. The van der Waals surface area contributed by atoms with Crippen LogP contribution in [-0.4, -0.2) is 50.9 Å². The van der Waals surface area contributed by atoms with Crippen molar-refractivity contribution in [3.05, 3.63) is 53.6 Å². The summed E-state index contributed by atoms with van der Waals surface area (Å²) in [6.07, 6.45) is 0. The van der Waals surface area contributed by atoms with Gasteiger partial charge in [0.1, 0.15) is 12.4 Å². The molecule has 0 fully saturated rings. The molecular formula is C23H33IN4O3. The van der Waals surface area contributed by atoms with E-state index in [0.29, 0.717) is 19.7 Å². The molecule has 8 heteroatoms. The normalized spacial score (nSPS) is 12.5. The van der Waals surface area contributed by atoms with Gasteiger partial charge in [-0.3, -0.25) is 4.99 Å². The van der Waals surface area contributed by atoms with Gasteiger partial charge in [0.25, 0.3) is 0 Å². The number of nitrogens with one attached hydrogen (secondary N) is 2. The number of fused-ring (bicyclic) bond motifs is 1. The predicted molar refractivity (Wildman–Crippen MR) is 135 cm³/mol. The maximum atomic E-state index is 6.04. The molecule has 2 N–H and O–H groups in total. The molecule has 3 rings (SSSR count). The Morgan fingerprint density at radius 1 is 1.03 bits per heavy atom. The molecule has 0 saturated heterocycles. The summed E-state index contributed by atoms with van der Waals surface area (Å²) in [5.41, 5.74) is 2.20. The van der Waals surface area contributed by atoms with Crippen LogP contribution in [0.3, 0.4) is 0 Å². The van der Waals surface area contributed by atoms with Crippen LogP contribution < -0.4 is 24.8 Å². The van der Waals surface area contributed by atoms with Crippen LogP contribution in [0.4, 0.5) is 0 Å². The molecule has 0 aliphatic carbocycles. The summed E-state index contributed by atoms with van der Waals surface area (Å²) < 4.78 is 16.8. The third-order valence-electron chi connectivity index (χ3n) is 5.10. The molecule has 2 aromatic carbocycles. The number of hydrogen-bond donors (Lipinski definition) is 2. The fourth-order valence-corrected chi connectivity index (χ4v) is 3.25. The number of ether oxygens (including phenoxy) is 3. The van der Waals surface area contributed by atoms with E-state index in [0.717, 1.165) is 54.0 Å². The zero-order chi connectivity index (χ0) is 21.2. The van der Waals surface area contributed by atoms with Crippen molar-refractivity contribution in [1.29, 1.82) is 0 Å². The zero-order valence-electron chi connectivity index (χ0n) is 18.5. The third-order valence-corrected chi connectivity index (χ3v) is 5.10. The Kier molecular flexibility index (Phi) is 10.7. The number of halogens is 1. The minimum Gasteiger partial charge on any atom is -0.492 e. The standard InChI is InChI=1S/C23H32N4O3.HI/c1-4-27(5-2)12-13-28-20-9-7-6-8-19(20)16-26-23(24-3)25-15-18-10-11-21-22(14-18)30-17-29-21;/h6-11,14H,4-5,12-13,15-17H2,1-3H3,(H2,24,25,26);1H. The topological polar surface area (TPSA) is 67.4 Å². The van der Waals surface area contributed by atoms with Gasteiger partial charge in [0.15, 0.2) is 17.5 Å². The maximum absolute atomic E-state index is 6.04. The summed E-state index contributed by atoms with van der Waals surface area (Å²) >= 11 is 0. The summed E-state index contributed by atoms with van der Waals surface area (Å²) in [7, 11) is 1.77. The summed E-state index contributed by atoms with van der Waals surface area (Å²) in [6, 6.07) is 14.1. The van der Waals surface area contributed by atoms with Crippen LogP contribution in [0, 0.1) is 0 Å². The summed E-state index contributed by atoms with van der Waals surface area (Å²) in [5, 5.41) is 6.70. The molecule has 0 spiro atoms. The lowest BCUT2D eigenvalue weighted by Gasteiger charge is -2.19. The Bertz CT molecular complexity index is 843. The van der Waals surface area contributed by atoms with E-state index in [-0.39, 0.29) is 30.8 Å². The van der Waals surface area contributed by atoms with Crippen LogP contribution >= 0.6 is 24.0 Å². The first kappa shape index (κ1) is 25.1. The first-order valence-electron chi connectivity index (χ1n) is 10.5. The summed E-state index contributed by atoms with van der Waals surface area (Å²) in [6.45, 7) is 9.56. The van der Waals surface area contributed by atoms with Gasteiger partial charge in [-0.1, -0.05) is 38.1 Å². The molecule has 1 aliphatic heterocycles. The Morgan fingerprint density at radius 3 is 2.55 bits per heavy atom. The van der Waals surface area contributed by atoms with Gasteiger partial charge in [-0.25, -0.2) is 0 Å². The van der Waals surface area contributed by atoms with Crippen LogP contribution in [0.5, 0.6) is 17.2 Å². The van der Waals surface area contributed by atoms with Crippen molar-refractivity contribution in [1.82, 2.24) is 15.5 Å². The van der Waals surface area contributed by atoms with Crippen molar-refractivity contribution < 1.29 is 14.2 Å². The van der Waals surface area contributed by atoms with E-state index in [1.807, 2.05) is 36.4 Å². The molecule has 31 heavy (non-hydrogen) atoms.